The Morgan fingerprint density at radius 2 is 2.18 bits per heavy atom. The molecule has 0 fully saturated rings. The van der Waals surface area contributed by atoms with E-state index in [1.165, 1.54) is 0 Å². The topological polar surface area (TPSA) is 89.6 Å². The minimum absolute atomic E-state index is 0.124. The van der Waals surface area contributed by atoms with Crippen LogP contribution in [0.25, 0.3) is 0 Å². The van der Waals surface area contributed by atoms with Crippen LogP contribution in [-0.2, 0) is 0 Å². The number of anilines is 1. The van der Waals surface area contributed by atoms with E-state index in [-0.39, 0.29) is 11.0 Å². The molecule has 3 N–H and O–H groups in total. The molecule has 2 aromatic heterocycles. The van der Waals surface area contributed by atoms with E-state index in [1.54, 1.807) is 12.3 Å². The fourth-order valence-corrected chi connectivity index (χ4v) is 1.81. The summed E-state index contributed by atoms with van der Waals surface area (Å²) in [5, 5.41) is 0.545. The van der Waals surface area contributed by atoms with Crippen LogP contribution < -0.4 is 11.3 Å². The number of hydrogen-bond acceptors (Lipinski definition) is 7. The molecule has 0 amide bonds. The van der Waals surface area contributed by atoms with Crippen LogP contribution >= 0.6 is 11.8 Å². The van der Waals surface area contributed by atoms with Gasteiger partial charge in [0.2, 0.25) is 5.95 Å². The zero-order chi connectivity index (χ0) is 12.3. The third-order valence-electron chi connectivity index (χ3n) is 1.80. The first-order valence-corrected chi connectivity index (χ1v) is 5.47. The van der Waals surface area contributed by atoms with Crippen molar-refractivity contribution < 1.29 is 4.39 Å². The largest absolute Gasteiger partial charge is 0.292 e. The molecule has 0 aromatic carbocycles. The lowest BCUT2D eigenvalue weighted by Crippen LogP contribution is -2.11. The predicted octanol–water partition coefficient (Wildman–Crippen LogP) is 1.15. The summed E-state index contributed by atoms with van der Waals surface area (Å²) in [5.41, 5.74) is 3.05. The number of nitrogens with one attached hydrogen (secondary N) is 1. The first-order valence-electron chi connectivity index (χ1n) is 4.65. The molecule has 0 unspecified atom stereocenters. The monoisotopic (exact) mass is 252 g/mol. The van der Waals surface area contributed by atoms with Crippen molar-refractivity contribution in [3.05, 3.63) is 30.0 Å². The van der Waals surface area contributed by atoms with E-state index < -0.39 is 5.82 Å². The van der Waals surface area contributed by atoms with Crippen LogP contribution in [0.1, 0.15) is 5.69 Å². The standard InChI is InChI=1S/C9H9FN6S/c1-5-2-3-12-9(14-5)17-7-6(10)4-13-8(15-7)16-11/h2-4H,11H2,1H3,(H,13,15,16). The molecule has 0 atom stereocenters. The summed E-state index contributed by atoms with van der Waals surface area (Å²) in [5.74, 6) is 4.75. The molecule has 0 spiro atoms. The number of nitrogen functional groups attached to an aromatic ring is 1. The molecule has 8 heteroatoms. The van der Waals surface area contributed by atoms with Gasteiger partial charge in [-0.3, -0.25) is 5.43 Å². The quantitative estimate of drug-likeness (QED) is 0.366. The molecule has 0 bridgehead atoms. The maximum atomic E-state index is 13.4. The van der Waals surface area contributed by atoms with E-state index in [9.17, 15) is 4.39 Å². The summed E-state index contributed by atoms with van der Waals surface area (Å²) in [6.45, 7) is 1.83. The van der Waals surface area contributed by atoms with Gasteiger partial charge in [0.05, 0.1) is 6.20 Å². The van der Waals surface area contributed by atoms with Crippen LogP contribution in [0.3, 0.4) is 0 Å². The van der Waals surface area contributed by atoms with Crippen molar-refractivity contribution in [2.75, 3.05) is 5.43 Å². The van der Waals surface area contributed by atoms with E-state index >= 15 is 0 Å². The Morgan fingerprint density at radius 3 is 2.88 bits per heavy atom. The minimum atomic E-state index is -0.542. The molecular formula is C9H9FN6S. The van der Waals surface area contributed by atoms with Gasteiger partial charge in [0, 0.05) is 11.9 Å². The molecule has 0 aliphatic carbocycles. The Bertz CT molecular complexity index is 535. The van der Waals surface area contributed by atoms with Crippen molar-refractivity contribution in [1.82, 2.24) is 19.9 Å². The molecule has 2 rings (SSSR count). The van der Waals surface area contributed by atoms with Crippen LogP contribution in [0.5, 0.6) is 0 Å². The molecule has 2 heterocycles. The zero-order valence-corrected chi connectivity index (χ0v) is 9.70. The zero-order valence-electron chi connectivity index (χ0n) is 8.88. The third kappa shape index (κ3) is 2.86. The van der Waals surface area contributed by atoms with Crippen molar-refractivity contribution >= 4 is 17.7 Å². The number of hydrazine groups is 1. The maximum Gasteiger partial charge on any atom is 0.238 e. The van der Waals surface area contributed by atoms with E-state index in [1.807, 2.05) is 6.92 Å². The molecule has 0 aliphatic rings. The summed E-state index contributed by atoms with van der Waals surface area (Å²) in [6.07, 6.45) is 2.65. The number of aryl methyl sites for hydroxylation is 1. The highest BCUT2D eigenvalue weighted by Gasteiger charge is 2.10. The van der Waals surface area contributed by atoms with Gasteiger partial charge in [0.1, 0.15) is 5.03 Å². The summed E-state index contributed by atoms with van der Waals surface area (Å²) >= 11 is 1.01. The predicted molar refractivity (Wildman–Crippen MR) is 60.7 cm³/mol. The molecule has 17 heavy (non-hydrogen) atoms. The van der Waals surface area contributed by atoms with Gasteiger partial charge >= 0.3 is 0 Å². The molecule has 6 nitrogen and oxygen atoms in total. The second-order valence-corrected chi connectivity index (χ2v) is 4.03. The fraction of sp³-hybridized carbons (Fsp3) is 0.111. The molecule has 88 valence electrons. The van der Waals surface area contributed by atoms with Gasteiger partial charge < -0.3 is 0 Å². The number of nitrogens with two attached hydrogens (primary N) is 1. The maximum absolute atomic E-state index is 13.4. The summed E-state index contributed by atoms with van der Waals surface area (Å²) in [7, 11) is 0. The molecule has 0 radical (unpaired) electrons. The van der Waals surface area contributed by atoms with Crippen LogP contribution in [0, 0.1) is 12.7 Å². The van der Waals surface area contributed by atoms with Crippen LogP contribution in [0.4, 0.5) is 10.3 Å². The van der Waals surface area contributed by atoms with Gasteiger partial charge in [0.15, 0.2) is 11.0 Å². The number of halogens is 1. The van der Waals surface area contributed by atoms with E-state index in [0.29, 0.717) is 5.16 Å². The molecule has 0 saturated heterocycles. The summed E-state index contributed by atoms with van der Waals surface area (Å²) in [6, 6.07) is 1.76. The van der Waals surface area contributed by atoms with Crippen molar-refractivity contribution in [2.45, 2.75) is 17.1 Å². The highest BCUT2D eigenvalue weighted by atomic mass is 32.2. The number of nitrogens with zero attached hydrogens (tertiary/aromatic N) is 4. The van der Waals surface area contributed by atoms with Gasteiger partial charge in [0.25, 0.3) is 0 Å². The van der Waals surface area contributed by atoms with E-state index in [4.69, 9.17) is 5.84 Å². The average Bonchev–Trinajstić information content (AvgIpc) is 2.32. The first-order chi connectivity index (χ1) is 8.19. The second-order valence-electron chi connectivity index (χ2n) is 3.07. The average molecular weight is 252 g/mol. The second kappa shape index (κ2) is 5.02. The third-order valence-corrected chi connectivity index (χ3v) is 2.66. The Labute approximate surface area is 101 Å². The Balaban J connectivity index is 2.29. The Kier molecular flexibility index (Phi) is 3.45. The highest BCUT2D eigenvalue weighted by molar-refractivity contribution is 7.99. The van der Waals surface area contributed by atoms with E-state index in [2.05, 4.69) is 25.4 Å². The number of rotatable bonds is 3. The van der Waals surface area contributed by atoms with Gasteiger partial charge in [-0.15, -0.1) is 0 Å². The van der Waals surface area contributed by atoms with Crippen molar-refractivity contribution in [3.8, 4) is 0 Å². The minimum Gasteiger partial charge on any atom is -0.292 e. The number of hydrogen-bond donors (Lipinski definition) is 2. The first kappa shape index (κ1) is 11.7. The van der Waals surface area contributed by atoms with Gasteiger partial charge in [-0.2, -0.15) is 0 Å². The Morgan fingerprint density at radius 1 is 1.35 bits per heavy atom. The number of aromatic nitrogens is 4. The SMILES string of the molecule is Cc1ccnc(Sc2nc(NN)ncc2F)n1. The van der Waals surface area contributed by atoms with E-state index in [0.717, 1.165) is 23.7 Å². The molecule has 0 saturated carbocycles. The molecule has 2 aromatic rings. The normalized spacial score (nSPS) is 10.3. The van der Waals surface area contributed by atoms with Gasteiger partial charge in [-0.1, -0.05) is 0 Å². The van der Waals surface area contributed by atoms with Crippen molar-refractivity contribution in [2.24, 2.45) is 5.84 Å². The van der Waals surface area contributed by atoms with Crippen LogP contribution in [-0.4, -0.2) is 19.9 Å². The van der Waals surface area contributed by atoms with Crippen LogP contribution in [0.15, 0.2) is 28.6 Å². The lowest BCUT2D eigenvalue weighted by molar-refractivity contribution is 0.579. The fourth-order valence-electron chi connectivity index (χ4n) is 1.05. The van der Waals surface area contributed by atoms with Gasteiger partial charge in [-0.25, -0.2) is 30.2 Å². The van der Waals surface area contributed by atoms with Crippen molar-refractivity contribution in [3.63, 3.8) is 0 Å². The lowest BCUT2D eigenvalue weighted by atomic mass is 10.5. The molecule has 0 aliphatic heterocycles. The lowest BCUT2D eigenvalue weighted by Gasteiger charge is -2.03. The highest BCUT2D eigenvalue weighted by Crippen LogP contribution is 2.25. The molecular weight excluding hydrogens is 243 g/mol. The summed E-state index contributed by atoms with van der Waals surface area (Å²) in [4.78, 5) is 15.7. The van der Waals surface area contributed by atoms with Crippen LogP contribution in [0.2, 0.25) is 0 Å². The van der Waals surface area contributed by atoms with Crippen molar-refractivity contribution in [1.29, 1.82) is 0 Å². The smallest absolute Gasteiger partial charge is 0.238 e. The van der Waals surface area contributed by atoms with Gasteiger partial charge in [-0.05, 0) is 24.8 Å². The summed E-state index contributed by atoms with van der Waals surface area (Å²) < 4.78 is 13.4. The Hall–Kier alpha value is -1.80.